The molecule has 1 fully saturated rings. The zero-order chi connectivity index (χ0) is 16.7. The lowest BCUT2D eigenvalue weighted by Gasteiger charge is -2.22. The molecule has 2 rings (SSSR count). The maximum absolute atomic E-state index is 11.9. The van der Waals surface area contributed by atoms with Crippen molar-refractivity contribution in [2.75, 3.05) is 11.9 Å². The molecule has 1 aromatic rings. The molecule has 2 N–H and O–H groups in total. The predicted octanol–water partition coefficient (Wildman–Crippen LogP) is 3.11. The van der Waals surface area contributed by atoms with Crippen molar-refractivity contribution >= 4 is 17.5 Å². The highest BCUT2D eigenvalue weighted by Gasteiger charge is 2.20. The first-order valence-corrected chi connectivity index (χ1v) is 8.39. The molecule has 0 heterocycles. The summed E-state index contributed by atoms with van der Waals surface area (Å²) in [6.45, 7) is 4.81. The largest absolute Gasteiger partial charge is 0.493 e. The number of hydrogen-bond donors (Lipinski definition) is 2. The van der Waals surface area contributed by atoms with Crippen molar-refractivity contribution in [2.24, 2.45) is 5.92 Å². The van der Waals surface area contributed by atoms with Gasteiger partial charge in [-0.25, -0.2) is 0 Å². The molecule has 0 aliphatic heterocycles. The molecule has 0 aromatic heterocycles. The normalized spacial score (nSPS) is 15.3. The van der Waals surface area contributed by atoms with Gasteiger partial charge in [0.15, 0.2) is 0 Å². The van der Waals surface area contributed by atoms with Crippen molar-refractivity contribution < 1.29 is 14.3 Å². The van der Waals surface area contributed by atoms with Gasteiger partial charge in [-0.15, -0.1) is 0 Å². The molecule has 1 aliphatic rings. The van der Waals surface area contributed by atoms with Crippen LogP contribution in [0.2, 0.25) is 0 Å². The predicted molar refractivity (Wildman–Crippen MR) is 90.4 cm³/mol. The van der Waals surface area contributed by atoms with Gasteiger partial charge in [-0.3, -0.25) is 9.59 Å². The van der Waals surface area contributed by atoms with Crippen molar-refractivity contribution in [2.45, 2.75) is 52.0 Å². The van der Waals surface area contributed by atoms with Crippen LogP contribution in [0.4, 0.5) is 5.69 Å². The highest BCUT2D eigenvalue weighted by atomic mass is 16.5. The van der Waals surface area contributed by atoms with Crippen LogP contribution < -0.4 is 15.4 Å². The van der Waals surface area contributed by atoms with E-state index in [2.05, 4.69) is 24.5 Å². The molecule has 1 aliphatic carbocycles. The lowest BCUT2D eigenvalue weighted by Crippen LogP contribution is -2.42. The molecular formula is C18H26N2O3. The minimum Gasteiger partial charge on any atom is -0.493 e. The number of amides is 2. The van der Waals surface area contributed by atoms with Crippen LogP contribution in [-0.4, -0.2) is 24.5 Å². The SMILES string of the molecule is CC(C)COc1ccc(NC(=O)C(=O)NC2CCCCC2)cc1. The third-order valence-electron chi connectivity index (χ3n) is 3.84. The molecule has 5 nitrogen and oxygen atoms in total. The van der Waals surface area contributed by atoms with Gasteiger partial charge in [0.2, 0.25) is 0 Å². The van der Waals surface area contributed by atoms with E-state index >= 15 is 0 Å². The van der Waals surface area contributed by atoms with Crippen LogP contribution in [-0.2, 0) is 9.59 Å². The van der Waals surface area contributed by atoms with E-state index in [9.17, 15) is 9.59 Å². The van der Waals surface area contributed by atoms with Crippen molar-refractivity contribution in [3.63, 3.8) is 0 Å². The Hall–Kier alpha value is -2.04. The fourth-order valence-electron chi connectivity index (χ4n) is 2.58. The Balaban J connectivity index is 1.80. The second kappa shape index (κ2) is 8.56. The summed E-state index contributed by atoms with van der Waals surface area (Å²) in [5, 5.41) is 5.42. The summed E-state index contributed by atoms with van der Waals surface area (Å²) in [6, 6.07) is 7.19. The fourth-order valence-corrected chi connectivity index (χ4v) is 2.58. The van der Waals surface area contributed by atoms with E-state index in [4.69, 9.17) is 4.74 Å². The summed E-state index contributed by atoms with van der Waals surface area (Å²) >= 11 is 0. The van der Waals surface area contributed by atoms with Crippen LogP contribution in [0, 0.1) is 5.92 Å². The molecule has 1 aromatic carbocycles. The van der Waals surface area contributed by atoms with E-state index in [1.54, 1.807) is 24.3 Å². The van der Waals surface area contributed by atoms with E-state index in [-0.39, 0.29) is 6.04 Å². The van der Waals surface area contributed by atoms with Crippen LogP contribution in [0.1, 0.15) is 46.0 Å². The first kappa shape index (κ1) is 17.3. The molecule has 0 saturated heterocycles. The highest BCUT2D eigenvalue weighted by molar-refractivity contribution is 6.39. The second-order valence-electron chi connectivity index (χ2n) is 6.49. The number of nitrogens with one attached hydrogen (secondary N) is 2. The molecule has 0 spiro atoms. The third kappa shape index (κ3) is 5.93. The summed E-state index contributed by atoms with van der Waals surface area (Å²) in [5.74, 6) is 0.0321. The number of ether oxygens (including phenoxy) is 1. The molecule has 0 bridgehead atoms. The van der Waals surface area contributed by atoms with Gasteiger partial charge in [-0.2, -0.15) is 0 Å². The molecular weight excluding hydrogens is 292 g/mol. The molecule has 5 heteroatoms. The Bertz CT molecular complexity index is 520. The van der Waals surface area contributed by atoms with E-state index in [1.807, 2.05) is 0 Å². The molecule has 23 heavy (non-hydrogen) atoms. The van der Waals surface area contributed by atoms with Crippen molar-refractivity contribution in [1.82, 2.24) is 5.32 Å². The number of benzene rings is 1. The minimum atomic E-state index is -0.619. The first-order valence-electron chi connectivity index (χ1n) is 8.39. The van der Waals surface area contributed by atoms with Crippen LogP contribution >= 0.6 is 0 Å². The number of carbonyl (C=O) groups is 2. The summed E-state index contributed by atoms with van der Waals surface area (Å²) < 4.78 is 5.58. The maximum Gasteiger partial charge on any atom is 0.313 e. The van der Waals surface area contributed by atoms with Gasteiger partial charge in [0, 0.05) is 11.7 Å². The van der Waals surface area contributed by atoms with Crippen molar-refractivity contribution in [1.29, 1.82) is 0 Å². The van der Waals surface area contributed by atoms with Crippen LogP contribution in [0.25, 0.3) is 0 Å². The molecule has 0 unspecified atom stereocenters. The number of carbonyl (C=O) groups excluding carboxylic acids is 2. The smallest absolute Gasteiger partial charge is 0.313 e. The quantitative estimate of drug-likeness (QED) is 0.820. The molecule has 126 valence electrons. The molecule has 0 atom stereocenters. The first-order chi connectivity index (χ1) is 11.0. The fraction of sp³-hybridized carbons (Fsp3) is 0.556. The molecule has 0 radical (unpaired) electrons. The van der Waals surface area contributed by atoms with Crippen LogP contribution in [0.5, 0.6) is 5.75 Å². The topological polar surface area (TPSA) is 67.4 Å². The lowest BCUT2D eigenvalue weighted by atomic mass is 9.95. The second-order valence-corrected chi connectivity index (χ2v) is 6.49. The van der Waals surface area contributed by atoms with Gasteiger partial charge in [-0.05, 0) is 43.0 Å². The average Bonchev–Trinajstić information content (AvgIpc) is 2.55. The van der Waals surface area contributed by atoms with E-state index in [1.165, 1.54) is 6.42 Å². The van der Waals surface area contributed by atoms with Gasteiger partial charge in [0.05, 0.1) is 6.61 Å². The van der Waals surface area contributed by atoms with Gasteiger partial charge < -0.3 is 15.4 Å². The van der Waals surface area contributed by atoms with E-state index in [0.717, 1.165) is 31.4 Å². The Kier molecular flexibility index (Phi) is 6.44. The van der Waals surface area contributed by atoms with Gasteiger partial charge in [0.25, 0.3) is 0 Å². The summed E-state index contributed by atoms with van der Waals surface area (Å²) in [6.07, 6.45) is 5.36. The molecule has 2 amide bonds. The monoisotopic (exact) mass is 318 g/mol. The number of anilines is 1. The van der Waals surface area contributed by atoms with Gasteiger partial charge >= 0.3 is 11.8 Å². The van der Waals surface area contributed by atoms with Crippen molar-refractivity contribution in [3.8, 4) is 5.75 Å². The summed E-state index contributed by atoms with van der Waals surface area (Å²) in [4.78, 5) is 23.8. The zero-order valence-corrected chi connectivity index (χ0v) is 13.9. The summed E-state index contributed by atoms with van der Waals surface area (Å²) in [7, 11) is 0. The van der Waals surface area contributed by atoms with E-state index < -0.39 is 11.8 Å². The lowest BCUT2D eigenvalue weighted by molar-refractivity contribution is -0.136. The third-order valence-corrected chi connectivity index (χ3v) is 3.84. The number of rotatable bonds is 5. The van der Waals surface area contributed by atoms with Crippen molar-refractivity contribution in [3.05, 3.63) is 24.3 Å². The standard InChI is InChI=1S/C18H26N2O3/c1-13(2)12-23-16-10-8-15(9-11-16)20-18(22)17(21)19-14-6-4-3-5-7-14/h8-11,13-14H,3-7,12H2,1-2H3,(H,19,21)(H,20,22). The summed E-state index contributed by atoms with van der Waals surface area (Å²) in [5.41, 5.74) is 0.589. The Morgan fingerprint density at radius 3 is 2.35 bits per heavy atom. The minimum absolute atomic E-state index is 0.133. The average molecular weight is 318 g/mol. The Morgan fingerprint density at radius 2 is 1.74 bits per heavy atom. The van der Waals surface area contributed by atoms with Gasteiger partial charge in [0.1, 0.15) is 5.75 Å². The zero-order valence-electron chi connectivity index (χ0n) is 13.9. The Labute approximate surface area is 137 Å². The maximum atomic E-state index is 11.9. The van der Waals surface area contributed by atoms with Crippen LogP contribution in [0.15, 0.2) is 24.3 Å². The number of hydrogen-bond acceptors (Lipinski definition) is 3. The molecule has 1 saturated carbocycles. The van der Waals surface area contributed by atoms with Crippen LogP contribution in [0.3, 0.4) is 0 Å². The highest BCUT2D eigenvalue weighted by Crippen LogP contribution is 2.18. The van der Waals surface area contributed by atoms with E-state index in [0.29, 0.717) is 18.2 Å². The van der Waals surface area contributed by atoms with Gasteiger partial charge in [-0.1, -0.05) is 33.1 Å². The Morgan fingerprint density at radius 1 is 1.09 bits per heavy atom.